The molecule has 0 spiro atoms. The Morgan fingerprint density at radius 3 is 2.36 bits per heavy atom. The van der Waals surface area contributed by atoms with Gasteiger partial charge in [0.25, 0.3) is 11.6 Å². The zero-order valence-corrected chi connectivity index (χ0v) is 17.5. The highest BCUT2D eigenvalue weighted by molar-refractivity contribution is 6.23. The van der Waals surface area contributed by atoms with E-state index in [0.29, 0.717) is 22.7 Å². The highest BCUT2D eigenvalue weighted by atomic mass is 16.7. The van der Waals surface area contributed by atoms with Crippen molar-refractivity contribution in [2.45, 2.75) is 12.1 Å². The Balaban J connectivity index is 1.61. The smallest absolute Gasteiger partial charge is 0.271 e. The predicted octanol–water partition coefficient (Wildman–Crippen LogP) is 3.65. The maximum absolute atomic E-state index is 13.5. The van der Waals surface area contributed by atoms with E-state index in [2.05, 4.69) is 0 Å². The van der Waals surface area contributed by atoms with Crippen molar-refractivity contribution >= 4 is 28.9 Å². The van der Waals surface area contributed by atoms with Crippen LogP contribution >= 0.6 is 0 Å². The molecule has 166 valence electrons. The van der Waals surface area contributed by atoms with E-state index >= 15 is 0 Å². The Kier molecular flexibility index (Phi) is 5.02. The summed E-state index contributed by atoms with van der Waals surface area (Å²) in [5.74, 6) is -1.13. The van der Waals surface area contributed by atoms with Gasteiger partial charge in [-0.2, -0.15) is 0 Å². The van der Waals surface area contributed by atoms with Crippen LogP contribution in [0.3, 0.4) is 0 Å². The summed E-state index contributed by atoms with van der Waals surface area (Å²) in [5.41, 5.74) is 1.40. The number of benzene rings is 3. The maximum Gasteiger partial charge on any atom is 0.271 e. The number of non-ortho nitro benzene ring substituents is 1. The molecule has 2 saturated heterocycles. The van der Waals surface area contributed by atoms with Gasteiger partial charge in [-0.1, -0.05) is 36.4 Å². The Morgan fingerprint density at radius 2 is 1.64 bits per heavy atom. The van der Waals surface area contributed by atoms with Crippen LogP contribution in [-0.4, -0.2) is 30.0 Å². The molecule has 0 N–H and O–H groups in total. The number of nitrogens with zero attached hydrogens (tertiary/aromatic N) is 3. The largest absolute Gasteiger partial charge is 0.497 e. The standard InChI is InChI=1S/C24H19N3O6/c1-32-19-12-5-7-15(13-19)21-20-22(24(29)25(23(20)28)16-8-3-2-4-9-16)33-26(21)17-10-6-11-18(14-17)27(30)31/h2-14,20-22H,1H3. The fraction of sp³-hybridized carbons (Fsp3) is 0.167. The van der Waals surface area contributed by atoms with Crippen LogP contribution in [0.15, 0.2) is 78.9 Å². The van der Waals surface area contributed by atoms with Crippen LogP contribution in [0.1, 0.15) is 11.6 Å². The van der Waals surface area contributed by atoms with Crippen molar-refractivity contribution in [1.29, 1.82) is 0 Å². The fourth-order valence-electron chi connectivity index (χ4n) is 4.38. The number of fused-ring (bicyclic) bond motifs is 1. The number of hydroxylamine groups is 1. The predicted molar refractivity (Wildman–Crippen MR) is 119 cm³/mol. The second kappa shape index (κ2) is 8.03. The zero-order valence-electron chi connectivity index (χ0n) is 17.5. The summed E-state index contributed by atoms with van der Waals surface area (Å²) in [5, 5.41) is 12.7. The van der Waals surface area contributed by atoms with Crippen molar-refractivity contribution < 1.29 is 24.1 Å². The first kappa shape index (κ1) is 20.7. The molecular weight excluding hydrogens is 426 g/mol. The average molecular weight is 445 g/mol. The molecule has 0 radical (unpaired) electrons. The monoisotopic (exact) mass is 445 g/mol. The van der Waals surface area contributed by atoms with Crippen LogP contribution in [0.25, 0.3) is 0 Å². The van der Waals surface area contributed by atoms with Gasteiger partial charge in [-0.25, -0.2) is 9.96 Å². The van der Waals surface area contributed by atoms with Gasteiger partial charge >= 0.3 is 0 Å². The van der Waals surface area contributed by atoms with Crippen molar-refractivity contribution in [3.05, 3.63) is 94.5 Å². The minimum Gasteiger partial charge on any atom is -0.497 e. The molecule has 3 aromatic rings. The van der Waals surface area contributed by atoms with Crippen LogP contribution < -0.4 is 14.7 Å². The minimum absolute atomic E-state index is 0.124. The summed E-state index contributed by atoms with van der Waals surface area (Å²) in [4.78, 5) is 44.8. The van der Waals surface area contributed by atoms with Gasteiger partial charge < -0.3 is 4.74 Å². The first-order chi connectivity index (χ1) is 16.0. The van der Waals surface area contributed by atoms with Crippen molar-refractivity contribution in [2.75, 3.05) is 17.1 Å². The first-order valence-electron chi connectivity index (χ1n) is 10.3. The maximum atomic E-state index is 13.5. The van der Waals surface area contributed by atoms with E-state index in [1.807, 2.05) is 6.07 Å². The molecule has 2 fully saturated rings. The lowest BCUT2D eigenvalue weighted by Crippen LogP contribution is -2.37. The van der Waals surface area contributed by atoms with Gasteiger partial charge in [-0.15, -0.1) is 0 Å². The second-order valence-corrected chi connectivity index (χ2v) is 7.72. The van der Waals surface area contributed by atoms with Crippen LogP contribution in [0, 0.1) is 16.0 Å². The fourth-order valence-corrected chi connectivity index (χ4v) is 4.38. The number of imide groups is 1. The van der Waals surface area contributed by atoms with E-state index in [0.717, 1.165) is 4.90 Å². The third-order valence-corrected chi connectivity index (χ3v) is 5.86. The van der Waals surface area contributed by atoms with Crippen LogP contribution in [0.4, 0.5) is 17.1 Å². The van der Waals surface area contributed by atoms with Gasteiger partial charge in [0.2, 0.25) is 5.91 Å². The zero-order chi connectivity index (χ0) is 23.1. The molecule has 3 atom stereocenters. The summed E-state index contributed by atoms with van der Waals surface area (Å²) in [7, 11) is 1.53. The Bertz CT molecular complexity index is 1250. The number of hydrogen-bond acceptors (Lipinski definition) is 7. The summed E-state index contributed by atoms with van der Waals surface area (Å²) in [6, 6.07) is 21.0. The molecule has 0 aliphatic carbocycles. The lowest BCUT2D eigenvalue weighted by atomic mass is 9.90. The number of methoxy groups -OCH3 is 1. The molecule has 5 rings (SSSR count). The molecule has 3 unspecified atom stereocenters. The number of ether oxygens (including phenoxy) is 1. The topological polar surface area (TPSA) is 102 Å². The SMILES string of the molecule is COc1cccc(C2C3C(=O)N(c4ccccc4)C(=O)C3ON2c2cccc([N+](=O)[O-])c2)c1. The van der Waals surface area contributed by atoms with Crippen molar-refractivity contribution in [1.82, 2.24) is 0 Å². The normalized spacial score (nSPS) is 21.9. The molecule has 3 aromatic carbocycles. The lowest BCUT2D eigenvalue weighted by Gasteiger charge is -2.28. The van der Waals surface area contributed by atoms with Gasteiger partial charge in [0.15, 0.2) is 6.10 Å². The molecule has 33 heavy (non-hydrogen) atoms. The molecule has 9 heteroatoms. The lowest BCUT2D eigenvalue weighted by molar-refractivity contribution is -0.384. The van der Waals surface area contributed by atoms with Gasteiger partial charge in [0.05, 0.1) is 29.4 Å². The number of carbonyl (C=O) groups is 2. The number of nitro benzene ring substituents is 1. The summed E-state index contributed by atoms with van der Waals surface area (Å²) >= 11 is 0. The van der Waals surface area contributed by atoms with Crippen molar-refractivity contribution in [2.24, 2.45) is 5.92 Å². The van der Waals surface area contributed by atoms with E-state index in [-0.39, 0.29) is 5.69 Å². The summed E-state index contributed by atoms with van der Waals surface area (Å²) in [6.45, 7) is 0. The van der Waals surface area contributed by atoms with E-state index in [1.54, 1.807) is 54.6 Å². The van der Waals surface area contributed by atoms with Crippen molar-refractivity contribution in [3.63, 3.8) is 0 Å². The molecule has 2 heterocycles. The third-order valence-electron chi connectivity index (χ3n) is 5.86. The summed E-state index contributed by atoms with van der Waals surface area (Å²) < 4.78 is 5.34. The molecule has 9 nitrogen and oxygen atoms in total. The van der Waals surface area contributed by atoms with Gasteiger partial charge in [0, 0.05) is 12.1 Å². The molecule has 0 aromatic heterocycles. The van der Waals surface area contributed by atoms with Crippen molar-refractivity contribution in [3.8, 4) is 5.75 Å². The quantitative estimate of drug-likeness (QED) is 0.336. The molecule has 2 aliphatic rings. The highest BCUT2D eigenvalue weighted by Crippen LogP contribution is 2.48. The minimum atomic E-state index is -1.06. The number of amides is 2. The van der Waals surface area contributed by atoms with E-state index in [1.165, 1.54) is 30.4 Å². The molecule has 0 saturated carbocycles. The van der Waals surface area contributed by atoms with Gasteiger partial charge in [-0.3, -0.25) is 24.5 Å². The molecule has 0 bridgehead atoms. The van der Waals surface area contributed by atoms with Gasteiger partial charge in [0.1, 0.15) is 11.7 Å². The molecule has 2 aliphatic heterocycles. The van der Waals surface area contributed by atoms with E-state index < -0.39 is 34.8 Å². The first-order valence-corrected chi connectivity index (χ1v) is 10.3. The average Bonchev–Trinajstić information content (AvgIpc) is 3.35. The molecular formula is C24H19N3O6. The highest BCUT2D eigenvalue weighted by Gasteiger charge is 2.60. The summed E-state index contributed by atoms with van der Waals surface area (Å²) in [6.07, 6.45) is -1.06. The van der Waals surface area contributed by atoms with Gasteiger partial charge in [-0.05, 0) is 35.9 Å². The second-order valence-electron chi connectivity index (χ2n) is 7.72. The van der Waals surface area contributed by atoms with Crippen LogP contribution in [0.5, 0.6) is 5.75 Å². The number of hydrogen-bond donors (Lipinski definition) is 0. The Hall–Kier alpha value is -4.24. The number of rotatable bonds is 5. The van der Waals surface area contributed by atoms with Crippen LogP contribution in [-0.2, 0) is 14.4 Å². The van der Waals surface area contributed by atoms with Crippen LogP contribution in [0.2, 0.25) is 0 Å². The molecule has 2 amide bonds. The third kappa shape index (κ3) is 3.39. The number of para-hydroxylation sites is 1. The number of carbonyl (C=O) groups excluding carboxylic acids is 2. The van der Waals surface area contributed by atoms with E-state index in [9.17, 15) is 19.7 Å². The number of nitro groups is 1. The Morgan fingerprint density at radius 1 is 0.909 bits per heavy atom. The Labute approximate surface area is 188 Å². The number of anilines is 2. The van der Waals surface area contributed by atoms with E-state index in [4.69, 9.17) is 9.57 Å².